The molecule has 1 N–H and O–H groups in total. The van der Waals surface area contributed by atoms with Gasteiger partial charge in [-0.2, -0.15) is 0 Å². The highest BCUT2D eigenvalue weighted by molar-refractivity contribution is 5.33. The lowest BCUT2D eigenvalue weighted by Crippen LogP contribution is -2.03. The maximum absolute atomic E-state index is 10.3. The Morgan fingerprint density at radius 2 is 1.95 bits per heavy atom. The van der Waals surface area contributed by atoms with E-state index in [2.05, 4.69) is 0 Å². The molecule has 0 radical (unpaired) electrons. The van der Waals surface area contributed by atoms with Gasteiger partial charge in [0.25, 0.3) is 0 Å². The van der Waals surface area contributed by atoms with Gasteiger partial charge in [-0.15, -0.1) is 0 Å². The van der Waals surface area contributed by atoms with Crippen LogP contribution in [0.15, 0.2) is 66.4 Å². The molecule has 1 atom stereocenters. The molecule has 2 aromatic carbocycles. The van der Waals surface area contributed by atoms with Crippen LogP contribution in [0.4, 0.5) is 0 Å². The molecule has 0 spiro atoms. The third kappa shape index (κ3) is 3.44. The summed E-state index contributed by atoms with van der Waals surface area (Å²) in [5.41, 5.74) is 1.90. The highest BCUT2D eigenvalue weighted by Gasteiger charge is 2.18. The molecule has 0 amide bonds. The molecule has 0 aromatic heterocycles. The van der Waals surface area contributed by atoms with Crippen LogP contribution in [0.1, 0.15) is 23.7 Å². The number of hydrogen-bond acceptors (Lipinski definition) is 3. The summed E-state index contributed by atoms with van der Waals surface area (Å²) in [6, 6.07) is 17.5. The number of aliphatic hydroxyl groups excluding tert-OH is 1. The van der Waals surface area contributed by atoms with Crippen LogP contribution in [-0.4, -0.2) is 11.7 Å². The summed E-state index contributed by atoms with van der Waals surface area (Å²) in [5.74, 6) is 1.38. The molecule has 3 rings (SSSR count). The maximum Gasteiger partial charge on any atom is 0.136 e. The summed E-state index contributed by atoms with van der Waals surface area (Å²) in [6.07, 6.45) is 2.08. The lowest BCUT2D eigenvalue weighted by Gasteiger charge is -2.14. The normalized spacial score (nSPS) is 15.2. The molecule has 0 saturated carbocycles. The molecule has 1 heterocycles. The van der Waals surface area contributed by atoms with Crippen molar-refractivity contribution in [1.82, 2.24) is 0 Å². The van der Waals surface area contributed by atoms with E-state index in [-0.39, 0.29) is 0 Å². The maximum atomic E-state index is 10.3. The van der Waals surface area contributed by atoms with Crippen LogP contribution in [0.2, 0.25) is 0 Å². The van der Waals surface area contributed by atoms with Crippen LogP contribution < -0.4 is 4.74 Å². The second-order valence-electron chi connectivity index (χ2n) is 4.99. The highest BCUT2D eigenvalue weighted by Crippen LogP contribution is 2.28. The van der Waals surface area contributed by atoms with Crippen molar-refractivity contribution in [3.8, 4) is 5.75 Å². The molecule has 3 nitrogen and oxygen atoms in total. The smallest absolute Gasteiger partial charge is 0.136 e. The van der Waals surface area contributed by atoms with Gasteiger partial charge in [-0.25, -0.2) is 0 Å². The summed E-state index contributed by atoms with van der Waals surface area (Å²) in [7, 11) is 0. The van der Waals surface area contributed by atoms with Gasteiger partial charge >= 0.3 is 0 Å². The van der Waals surface area contributed by atoms with E-state index in [0.29, 0.717) is 19.0 Å². The Morgan fingerprint density at radius 1 is 1.10 bits per heavy atom. The van der Waals surface area contributed by atoms with Crippen molar-refractivity contribution < 1.29 is 14.6 Å². The molecule has 1 aliphatic heterocycles. The van der Waals surface area contributed by atoms with Gasteiger partial charge in [0, 0.05) is 6.42 Å². The Bertz CT molecular complexity index is 619. The zero-order chi connectivity index (χ0) is 14.5. The predicted molar refractivity (Wildman–Crippen MR) is 80.8 cm³/mol. The average Bonchev–Trinajstić information content (AvgIpc) is 3.08. The van der Waals surface area contributed by atoms with Crippen LogP contribution in [-0.2, 0) is 11.3 Å². The lowest BCUT2D eigenvalue weighted by atomic mass is 10.1. The van der Waals surface area contributed by atoms with Gasteiger partial charge in [-0.1, -0.05) is 42.5 Å². The minimum Gasteiger partial charge on any atom is -0.495 e. The van der Waals surface area contributed by atoms with Crippen LogP contribution in [0, 0.1) is 0 Å². The molecular formula is C18H18O3. The first-order chi connectivity index (χ1) is 10.3. The standard InChI is InChI=1S/C18H18O3/c19-18(17-10-5-11-20-17)15-8-4-9-16(12-15)21-13-14-6-2-1-3-7-14/h1-4,6-10,12,18-19H,5,11,13H2. The van der Waals surface area contributed by atoms with Gasteiger partial charge in [0.05, 0.1) is 6.61 Å². The number of rotatable bonds is 5. The molecule has 2 aromatic rings. The second-order valence-corrected chi connectivity index (χ2v) is 4.99. The Hall–Kier alpha value is -2.26. The zero-order valence-electron chi connectivity index (χ0n) is 11.7. The van der Waals surface area contributed by atoms with Gasteiger partial charge < -0.3 is 14.6 Å². The Morgan fingerprint density at radius 3 is 2.71 bits per heavy atom. The first kappa shape index (κ1) is 13.7. The van der Waals surface area contributed by atoms with Crippen LogP contribution in [0.25, 0.3) is 0 Å². The number of ether oxygens (including phenoxy) is 2. The summed E-state index contributed by atoms with van der Waals surface area (Å²) < 4.78 is 11.2. The number of hydrogen-bond donors (Lipinski definition) is 1. The van der Waals surface area contributed by atoms with Crippen molar-refractivity contribution >= 4 is 0 Å². The fourth-order valence-corrected chi connectivity index (χ4v) is 2.31. The van der Waals surface area contributed by atoms with Gasteiger partial charge in [0.2, 0.25) is 0 Å². The summed E-state index contributed by atoms with van der Waals surface area (Å²) in [4.78, 5) is 0. The van der Waals surface area contributed by atoms with Crippen molar-refractivity contribution in [3.63, 3.8) is 0 Å². The molecule has 0 aliphatic carbocycles. The molecule has 3 heteroatoms. The van der Waals surface area contributed by atoms with Crippen LogP contribution >= 0.6 is 0 Å². The number of aliphatic hydroxyl groups is 1. The first-order valence-electron chi connectivity index (χ1n) is 7.10. The largest absolute Gasteiger partial charge is 0.495 e. The van der Waals surface area contributed by atoms with Gasteiger partial charge in [0.1, 0.15) is 24.2 Å². The van der Waals surface area contributed by atoms with Gasteiger partial charge in [0.15, 0.2) is 0 Å². The monoisotopic (exact) mass is 282 g/mol. The topological polar surface area (TPSA) is 38.7 Å². The van der Waals surface area contributed by atoms with Crippen molar-refractivity contribution in [2.75, 3.05) is 6.61 Å². The molecule has 0 saturated heterocycles. The lowest BCUT2D eigenvalue weighted by molar-refractivity contribution is 0.118. The quantitative estimate of drug-likeness (QED) is 0.910. The molecule has 21 heavy (non-hydrogen) atoms. The fourth-order valence-electron chi connectivity index (χ4n) is 2.31. The molecule has 108 valence electrons. The first-order valence-corrected chi connectivity index (χ1v) is 7.10. The molecule has 0 bridgehead atoms. The van der Waals surface area contributed by atoms with E-state index >= 15 is 0 Å². The molecular weight excluding hydrogens is 264 g/mol. The fraction of sp³-hybridized carbons (Fsp3) is 0.222. The van der Waals surface area contributed by atoms with Gasteiger partial charge in [-0.3, -0.25) is 0 Å². The van der Waals surface area contributed by atoms with E-state index in [9.17, 15) is 5.11 Å². The molecule has 0 fully saturated rings. The zero-order valence-corrected chi connectivity index (χ0v) is 11.7. The summed E-state index contributed by atoms with van der Waals surface area (Å²) in [5, 5.41) is 10.3. The van der Waals surface area contributed by atoms with E-state index in [0.717, 1.165) is 23.3 Å². The molecule has 1 unspecified atom stereocenters. The third-order valence-corrected chi connectivity index (χ3v) is 3.42. The summed E-state index contributed by atoms with van der Waals surface area (Å²) >= 11 is 0. The Labute approximate surface area is 124 Å². The minimum atomic E-state index is -0.715. The van der Waals surface area contributed by atoms with Crippen molar-refractivity contribution in [2.24, 2.45) is 0 Å². The molecule has 1 aliphatic rings. The van der Waals surface area contributed by atoms with E-state index < -0.39 is 6.10 Å². The van der Waals surface area contributed by atoms with E-state index in [1.54, 1.807) is 0 Å². The van der Waals surface area contributed by atoms with Crippen LogP contribution in [0.3, 0.4) is 0 Å². The van der Waals surface area contributed by atoms with E-state index in [1.165, 1.54) is 0 Å². The number of benzene rings is 2. The van der Waals surface area contributed by atoms with Crippen molar-refractivity contribution in [3.05, 3.63) is 77.6 Å². The van der Waals surface area contributed by atoms with Crippen molar-refractivity contribution in [2.45, 2.75) is 19.1 Å². The summed E-state index contributed by atoms with van der Waals surface area (Å²) in [6.45, 7) is 1.16. The van der Waals surface area contributed by atoms with E-state index in [1.807, 2.05) is 60.7 Å². The second kappa shape index (κ2) is 6.46. The third-order valence-electron chi connectivity index (χ3n) is 3.42. The van der Waals surface area contributed by atoms with Crippen molar-refractivity contribution in [1.29, 1.82) is 0 Å². The van der Waals surface area contributed by atoms with E-state index in [4.69, 9.17) is 9.47 Å². The minimum absolute atomic E-state index is 0.513. The van der Waals surface area contributed by atoms with Gasteiger partial charge in [-0.05, 0) is 29.3 Å². The average molecular weight is 282 g/mol. The predicted octanol–water partition coefficient (Wildman–Crippen LogP) is 3.60. The highest BCUT2D eigenvalue weighted by atomic mass is 16.5. The SMILES string of the molecule is OC(C1=CCCO1)c1cccc(OCc2ccccc2)c1. The Kier molecular flexibility index (Phi) is 4.22. The Balaban J connectivity index is 1.68. The van der Waals surface area contributed by atoms with Crippen LogP contribution in [0.5, 0.6) is 5.75 Å².